The summed E-state index contributed by atoms with van der Waals surface area (Å²) < 4.78 is 6.88. The Morgan fingerprint density at radius 1 is 1.25 bits per heavy atom. The Labute approximate surface area is 125 Å². The van der Waals surface area contributed by atoms with E-state index in [1.165, 1.54) is 9.71 Å². The topological polar surface area (TPSA) is 34.1 Å². The summed E-state index contributed by atoms with van der Waals surface area (Å²) in [5.74, 6) is 0. The van der Waals surface area contributed by atoms with Crippen LogP contribution in [0.25, 0.3) is 10.2 Å². The Balaban J connectivity index is 1.92. The Bertz CT molecular complexity index is 479. The van der Waals surface area contributed by atoms with Crippen molar-refractivity contribution in [3.63, 3.8) is 0 Å². The summed E-state index contributed by atoms with van der Waals surface area (Å²) in [6, 6.07) is 8.81. The largest absolute Gasteiger partial charge is 0.381 e. The number of aromatic nitrogens is 1. The number of hydrogen-bond acceptors (Lipinski definition) is 4. The highest BCUT2D eigenvalue weighted by atomic mass is 32.1. The highest BCUT2D eigenvalue weighted by Crippen LogP contribution is 2.22. The van der Waals surface area contributed by atoms with E-state index in [4.69, 9.17) is 9.72 Å². The zero-order chi connectivity index (χ0) is 14.2. The van der Waals surface area contributed by atoms with Crippen molar-refractivity contribution in [2.45, 2.75) is 39.2 Å². The Hall–Kier alpha value is -0.970. The maximum atomic E-state index is 5.60. The van der Waals surface area contributed by atoms with E-state index >= 15 is 0 Å². The molecule has 1 N–H and O–H groups in total. The van der Waals surface area contributed by atoms with E-state index < -0.39 is 0 Å². The summed E-state index contributed by atoms with van der Waals surface area (Å²) in [7, 11) is 0. The Morgan fingerprint density at radius 2 is 2.10 bits per heavy atom. The van der Waals surface area contributed by atoms with Gasteiger partial charge in [0, 0.05) is 25.7 Å². The van der Waals surface area contributed by atoms with Gasteiger partial charge in [0.15, 0.2) is 0 Å². The van der Waals surface area contributed by atoms with Crippen LogP contribution in [0.3, 0.4) is 0 Å². The lowest BCUT2D eigenvalue weighted by atomic mass is 10.1. The molecule has 110 valence electrons. The maximum absolute atomic E-state index is 5.60. The second-order valence-electron chi connectivity index (χ2n) is 4.94. The molecule has 0 bridgehead atoms. The molecule has 1 aromatic heterocycles. The van der Waals surface area contributed by atoms with Gasteiger partial charge < -0.3 is 10.1 Å². The zero-order valence-corrected chi connectivity index (χ0v) is 13.2. The van der Waals surface area contributed by atoms with E-state index in [9.17, 15) is 0 Å². The third-order valence-corrected chi connectivity index (χ3v) is 4.27. The first-order valence-electron chi connectivity index (χ1n) is 7.49. The Kier molecular flexibility index (Phi) is 6.43. The first-order valence-corrected chi connectivity index (χ1v) is 8.30. The summed E-state index contributed by atoms with van der Waals surface area (Å²) in [6.45, 7) is 6.97. The van der Waals surface area contributed by atoms with Crippen LogP contribution >= 0.6 is 11.3 Å². The maximum Gasteiger partial charge on any atom is 0.0954 e. The molecular weight excluding hydrogens is 268 g/mol. The van der Waals surface area contributed by atoms with E-state index in [1.54, 1.807) is 11.3 Å². The van der Waals surface area contributed by atoms with Gasteiger partial charge in [-0.2, -0.15) is 0 Å². The Morgan fingerprint density at radius 3 is 2.85 bits per heavy atom. The minimum Gasteiger partial charge on any atom is -0.381 e. The predicted octanol–water partition coefficient (Wildman–Crippen LogP) is 3.63. The van der Waals surface area contributed by atoms with Crippen LogP contribution in [0.15, 0.2) is 24.3 Å². The summed E-state index contributed by atoms with van der Waals surface area (Å²) in [5.41, 5.74) is 1.12. The van der Waals surface area contributed by atoms with Gasteiger partial charge in [0.05, 0.1) is 15.2 Å². The quantitative estimate of drug-likeness (QED) is 0.717. The minimum atomic E-state index is 0.456. The standard InChI is InChI=1S/C16H24N2OS/c1-3-10-19-11-9-13(17-4-2)12-16-18-14-7-5-6-8-15(14)20-16/h5-8,13,17H,3-4,9-12H2,1-2H3. The van der Waals surface area contributed by atoms with Crippen LogP contribution in [-0.4, -0.2) is 30.8 Å². The third kappa shape index (κ3) is 4.54. The minimum absolute atomic E-state index is 0.456. The molecule has 0 radical (unpaired) electrons. The monoisotopic (exact) mass is 292 g/mol. The van der Waals surface area contributed by atoms with Crippen molar-refractivity contribution in [1.29, 1.82) is 0 Å². The second-order valence-corrected chi connectivity index (χ2v) is 6.05. The average molecular weight is 292 g/mol. The fourth-order valence-corrected chi connectivity index (χ4v) is 3.30. The number of likely N-dealkylation sites (N-methyl/N-ethyl adjacent to an activating group) is 1. The van der Waals surface area contributed by atoms with Crippen molar-refractivity contribution in [1.82, 2.24) is 10.3 Å². The SMILES string of the molecule is CCCOCCC(Cc1nc2ccccc2s1)NCC. The van der Waals surface area contributed by atoms with E-state index in [-0.39, 0.29) is 0 Å². The molecule has 1 aromatic carbocycles. The molecule has 4 heteroatoms. The fourth-order valence-electron chi connectivity index (χ4n) is 2.25. The number of fused-ring (bicyclic) bond motifs is 1. The highest BCUT2D eigenvalue weighted by Gasteiger charge is 2.11. The zero-order valence-electron chi connectivity index (χ0n) is 12.4. The number of nitrogens with zero attached hydrogens (tertiary/aromatic N) is 1. The van der Waals surface area contributed by atoms with Crippen molar-refractivity contribution < 1.29 is 4.74 Å². The van der Waals surface area contributed by atoms with E-state index in [0.717, 1.165) is 44.5 Å². The molecule has 0 fully saturated rings. The lowest BCUT2D eigenvalue weighted by Gasteiger charge is -2.16. The molecule has 0 aliphatic rings. The van der Waals surface area contributed by atoms with Gasteiger partial charge in [0.25, 0.3) is 0 Å². The lowest BCUT2D eigenvalue weighted by molar-refractivity contribution is 0.124. The van der Waals surface area contributed by atoms with Crippen molar-refractivity contribution >= 4 is 21.6 Å². The van der Waals surface area contributed by atoms with Gasteiger partial charge in [0.1, 0.15) is 0 Å². The number of para-hydroxylation sites is 1. The van der Waals surface area contributed by atoms with Crippen LogP contribution in [0.5, 0.6) is 0 Å². The van der Waals surface area contributed by atoms with Crippen LogP contribution in [0.2, 0.25) is 0 Å². The molecule has 0 aliphatic heterocycles. The molecule has 2 rings (SSSR count). The van der Waals surface area contributed by atoms with Gasteiger partial charge in [-0.25, -0.2) is 4.98 Å². The summed E-state index contributed by atoms with van der Waals surface area (Å²) in [6.07, 6.45) is 3.12. The molecule has 20 heavy (non-hydrogen) atoms. The summed E-state index contributed by atoms with van der Waals surface area (Å²) in [5, 5.41) is 4.75. The van der Waals surface area contributed by atoms with Crippen LogP contribution in [0.1, 0.15) is 31.7 Å². The molecule has 1 unspecified atom stereocenters. The smallest absolute Gasteiger partial charge is 0.0954 e. The number of ether oxygens (including phenoxy) is 1. The number of nitrogens with one attached hydrogen (secondary N) is 1. The molecule has 0 spiro atoms. The first-order chi connectivity index (χ1) is 9.83. The molecule has 1 atom stereocenters. The third-order valence-electron chi connectivity index (χ3n) is 3.21. The van der Waals surface area contributed by atoms with Gasteiger partial charge >= 0.3 is 0 Å². The fraction of sp³-hybridized carbons (Fsp3) is 0.562. The number of thiazole rings is 1. The normalized spacial score (nSPS) is 12.9. The van der Waals surface area contributed by atoms with Gasteiger partial charge in [-0.05, 0) is 31.5 Å². The van der Waals surface area contributed by atoms with Crippen LogP contribution in [0, 0.1) is 0 Å². The summed E-state index contributed by atoms with van der Waals surface area (Å²) in [4.78, 5) is 4.72. The van der Waals surface area contributed by atoms with E-state index in [1.807, 2.05) is 6.07 Å². The number of rotatable bonds is 9. The molecule has 0 aliphatic carbocycles. The number of hydrogen-bond donors (Lipinski definition) is 1. The van der Waals surface area contributed by atoms with Gasteiger partial charge in [0.2, 0.25) is 0 Å². The molecule has 2 aromatic rings. The predicted molar refractivity (Wildman–Crippen MR) is 86.5 cm³/mol. The van der Waals surface area contributed by atoms with Crippen LogP contribution < -0.4 is 5.32 Å². The van der Waals surface area contributed by atoms with E-state index in [2.05, 4.69) is 37.4 Å². The van der Waals surface area contributed by atoms with Crippen LogP contribution in [0.4, 0.5) is 0 Å². The first kappa shape index (κ1) is 15.4. The van der Waals surface area contributed by atoms with E-state index in [0.29, 0.717) is 6.04 Å². The van der Waals surface area contributed by atoms with Crippen molar-refractivity contribution in [2.24, 2.45) is 0 Å². The average Bonchev–Trinajstić information content (AvgIpc) is 2.86. The molecule has 0 amide bonds. The van der Waals surface area contributed by atoms with Gasteiger partial charge in [-0.1, -0.05) is 26.0 Å². The summed E-state index contributed by atoms with van der Waals surface area (Å²) >= 11 is 1.80. The molecule has 0 saturated carbocycles. The molecule has 1 heterocycles. The number of benzene rings is 1. The van der Waals surface area contributed by atoms with Crippen molar-refractivity contribution in [3.05, 3.63) is 29.3 Å². The lowest BCUT2D eigenvalue weighted by Crippen LogP contribution is -2.32. The molecular formula is C16H24N2OS. The van der Waals surface area contributed by atoms with Crippen molar-refractivity contribution in [3.8, 4) is 0 Å². The van der Waals surface area contributed by atoms with Gasteiger partial charge in [-0.3, -0.25) is 0 Å². The second kappa shape index (κ2) is 8.35. The molecule has 3 nitrogen and oxygen atoms in total. The van der Waals surface area contributed by atoms with Crippen molar-refractivity contribution in [2.75, 3.05) is 19.8 Å². The highest BCUT2D eigenvalue weighted by molar-refractivity contribution is 7.18. The van der Waals surface area contributed by atoms with Gasteiger partial charge in [-0.15, -0.1) is 11.3 Å². The molecule has 0 saturated heterocycles. The van der Waals surface area contributed by atoms with Crippen LogP contribution in [-0.2, 0) is 11.2 Å².